The summed E-state index contributed by atoms with van der Waals surface area (Å²) in [5.74, 6) is 0.435. The van der Waals surface area contributed by atoms with Gasteiger partial charge in [-0.1, -0.05) is 51.1 Å². The first-order valence-electron chi connectivity index (χ1n) is 9.03. The minimum Gasteiger partial charge on any atom is -0.355 e. The summed E-state index contributed by atoms with van der Waals surface area (Å²) in [7, 11) is 0. The molecule has 0 radical (unpaired) electrons. The Balaban J connectivity index is 1.81. The van der Waals surface area contributed by atoms with Crippen LogP contribution >= 0.6 is 0 Å². The minimum atomic E-state index is -0.203. The zero-order valence-electron chi connectivity index (χ0n) is 15.6. The molecule has 138 valence electrons. The zero-order chi connectivity index (χ0) is 18.7. The predicted molar refractivity (Wildman–Crippen MR) is 101 cm³/mol. The van der Waals surface area contributed by atoms with Crippen LogP contribution < -0.4 is 10.6 Å². The molecular weight excluding hydrogens is 328 g/mol. The number of carbonyl (C=O) groups is 2. The molecule has 0 bridgehead atoms. The average Bonchev–Trinajstić information content (AvgIpc) is 2.99. The Hall–Kier alpha value is -2.63. The smallest absolute Gasteiger partial charge is 0.230 e. The van der Waals surface area contributed by atoms with E-state index in [0.717, 1.165) is 11.3 Å². The van der Waals surface area contributed by atoms with E-state index in [0.29, 0.717) is 31.7 Å². The topological polar surface area (TPSA) is 76.0 Å². The van der Waals surface area contributed by atoms with Crippen molar-refractivity contribution in [1.82, 2.24) is 15.1 Å². The number of amides is 2. The first kappa shape index (κ1) is 18.2. The minimum absolute atomic E-state index is 0.0122. The third-order valence-electron chi connectivity index (χ3n) is 4.61. The van der Waals surface area contributed by atoms with Crippen LogP contribution in [0, 0.1) is 5.92 Å². The molecule has 1 aliphatic heterocycles. The van der Waals surface area contributed by atoms with Gasteiger partial charge in [0, 0.05) is 24.4 Å². The van der Waals surface area contributed by atoms with Crippen molar-refractivity contribution in [2.24, 2.45) is 5.92 Å². The number of benzene rings is 1. The van der Waals surface area contributed by atoms with Crippen molar-refractivity contribution in [3.05, 3.63) is 47.7 Å². The fraction of sp³-hybridized carbons (Fsp3) is 0.450. The Bertz CT molecular complexity index is 780. The molecule has 2 amide bonds. The molecule has 2 N–H and O–H groups in total. The lowest BCUT2D eigenvalue weighted by Crippen LogP contribution is -2.40. The Morgan fingerprint density at radius 3 is 2.65 bits per heavy atom. The van der Waals surface area contributed by atoms with Gasteiger partial charge in [-0.2, -0.15) is 5.10 Å². The molecule has 0 aliphatic carbocycles. The first-order chi connectivity index (χ1) is 12.3. The van der Waals surface area contributed by atoms with E-state index in [1.807, 2.05) is 41.1 Å². The van der Waals surface area contributed by atoms with E-state index in [-0.39, 0.29) is 23.1 Å². The predicted octanol–water partition coefficient (Wildman–Crippen LogP) is 2.69. The quantitative estimate of drug-likeness (QED) is 0.886. The summed E-state index contributed by atoms with van der Waals surface area (Å²) in [6.07, 6.45) is 0.977. The molecule has 1 aromatic carbocycles. The molecule has 1 aromatic heterocycles. The highest BCUT2D eigenvalue weighted by Crippen LogP contribution is 2.25. The van der Waals surface area contributed by atoms with Crippen molar-refractivity contribution in [3.8, 4) is 0 Å². The Labute approximate surface area is 154 Å². The van der Waals surface area contributed by atoms with Gasteiger partial charge in [0.05, 0.1) is 18.2 Å². The first-order valence-corrected chi connectivity index (χ1v) is 9.03. The molecule has 2 aromatic rings. The highest BCUT2D eigenvalue weighted by molar-refractivity contribution is 5.93. The van der Waals surface area contributed by atoms with Crippen LogP contribution in [0.5, 0.6) is 0 Å². The molecule has 0 unspecified atom stereocenters. The van der Waals surface area contributed by atoms with Crippen molar-refractivity contribution in [3.63, 3.8) is 0 Å². The van der Waals surface area contributed by atoms with E-state index in [1.165, 1.54) is 0 Å². The Kier molecular flexibility index (Phi) is 5.11. The third kappa shape index (κ3) is 4.31. The molecule has 0 saturated carbocycles. The highest BCUT2D eigenvalue weighted by atomic mass is 16.2. The van der Waals surface area contributed by atoms with Crippen molar-refractivity contribution < 1.29 is 9.59 Å². The van der Waals surface area contributed by atoms with E-state index >= 15 is 0 Å². The maximum Gasteiger partial charge on any atom is 0.230 e. The summed E-state index contributed by atoms with van der Waals surface area (Å²) in [6.45, 7) is 7.29. The number of nitrogens with one attached hydrogen (secondary N) is 2. The van der Waals surface area contributed by atoms with Gasteiger partial charge in [-0.05, 0) is 12.0 Å². The second kappa shape index (κ2) is 7.32. The average molecular weight is 354 g/mol. The number of rotatable bonds is 4. The van der Waals surface area contributed by atoms with Gasteiger partial charge in [-0.3, -0.25) is 9.59 Å². The van der Waals surface area contributed by atoms with Gasteiger partial charge in [0.15, 0.2) is 0 Å². The highest BCUT2D eigenvalue weighted by Gasteiger charge is 2.26. The van der Waals surface area contributed by atoms with E-state index < -0.39 is 0 Å². The SMILES string of the molecule is CC(C)(C)c1cc(NC(=O)[C@H]2CCC(=O)NC2)n(Cc2ccccc2)n1. The summed E-state index contributed by atoms with van der Waals surface area (Å²) in [6, 6.07) is 12.0. The van der Waals surface area contributed by atoms with E-state index in [4.69, 9.17) is 5.10 Å². The molecule has 26 heavy (non-hydrogen) atoms. The summed E-state index contributed by atoms with van der Waals surface area (Å²) in [4.78, 5) is 23.9. The molecular formula is C20H26N4O2. The lowest BCUT2D eigenvalue weighted by molar-refractivity contribution is -0.126. The maximum absolute atomic E-state index is 12.6. The van der Waals surface area contributed by atoms with Gasteiger partial charge in [0.2, 0.25) is 11.8 Å². The molecule has 1 fully saturated rings. The van der Waals surface area contributed by atoms with Crippen LogP contribution in [0.1, 0.15) is 44.9 Å². The van der Waals surface area contributed by atoms with Gasteiger partial charge in [0.25, 0.3) is 0 Å². The summed E-state index contributed by atoms with van der Waals surface area (Å²) in [5.41, 5.74) is 1.94. The maximum atomic E-state index is 12.6. The van der Waals surface area contributed by atoms with Crippen LogP contribution in [0.25, 0.3) is 0 Å². The largest absolute Gasteiger partial charge is 0.355 e. The second-order valence-electron chi connectivity index (χ2n) is 7.84. The number of piperidine rings is 1. The monoisotopic (exact) mass is 354 g/mol. The molecule has 6 nitrogen and oxygen atoms in total. The molecule has 6 heteroatoms. The van der Waals surface area contributed by atoms with Crippen molar-refractivity contribution >= 4 is 17.6 Å². The van der Waals surface area contributed by atoms with Crippen LogP contribution in [0.2, 0.25) is 0 Å². The molecule has 1 aliphatic rings. The molecule has 0 spiro atoms. The van der Waals surface area contributed by atoms with Crippen molar-refractivity contribution in [1.29, 1.82) is 0 Å². The molecule has 1 atom stereocenters. The van der Waals surface area contributed by atoms with Crippen molar-refractivity contribution in [2.75, 3.05) is 11.9 Å². The number of hydrogen-bond donors (Lipinski definition) is 2. The van der Waals surface area contributed by atoms with Gasteiger partial charge >= 0.3 is 0 Å². The normalized spacial score (nSPS) is 17.7. The summed E-state index contributed by atoms with van der Waals surface area (Å²) >= 11 is 0. The summed E-state index contributed by atoms with van der Waals surface area (Å²) < 4.78 is 1.84. The van der Waals surface area contributed by atoms with Crippen molar-refractivity contribution in [2.45, 2.75) is 45.6 Å². The number of anilines is 1. The van der Waals surface area contributed by atoms with E-state index in [1.54, 1.807) is 0 Å². The number of nitrogens with zero attached hydrogens (tertiary/aromatic N) is 2. The van der Waals surface area contributed by atoms with Gasteiger partial charge in [-0.25, -0.2) is 4.68 Å². The standard InChI is InChI=1S/C20H26N4O2/c1-20(2,3)16-11-17(22-19(26)15-9-10-18(25)21-12-15)24(23-16)13-14-7-5-4-6-8-14/h4-8,11,15H,9-10,12-13H2,1-3H3,(H,21,25)(H,22,26)/t15-/m0/s1. The summed E-state index contributed by atoms with van der Waals surface area (Å²) in [5, 5.41) is 10.5. The van der Waals surface area contributed by atoms with Crippen LogP contribution in [0.3, 0.4) is 0 Å². The fourth-order valence-electron chi connectivity index (χ4n) is 2.95. The zero-order valence-corrected chi connectivity index (χ0v) is 15.6. The second-order valence-corrected chi connectivity index (χ2v) is 7.84. The third-order valence-corrected chi connectivity index (χ3v) is 4.61. The van der Waals surface area contributed by atoms with Crippen LogP contribution in [-0.2, 0) is 21.5 Å². The molecule has 3 rings (SSSR count). The van der Waals surface area contributed by atoms with Crippen LogP contribution in [0.4, 0.5) is 5.82 Å². The van der Waals surface area contributed by atoms with Gasteiger partial charge in [0.1, 0.15) is 5.82 Å². The number of aromatic nitrogens is 2. The van der Waals surface area contributed by atoms with Crippen LogP contribution in [-0.4, -0.2) is 28.1 Å². The van der Waals surface area contributed by atoms with Gasteiger partial charge in [-0.15, -0.1) is 0 Å². The number of carbonyl (C=O) groups excluding carboxylic acids is 2. The molecule has 1 saturated heterocycles. The molecule has 2 heterocycles. The van der Waals surface area contributed by atoms with E-state index in [2.05, 4.69) is 31.4 Å². The van der Waals surface area contributed by atoms with Gasteiger partial charge < -0.3 is 10.6 Å². The fourth-order valence-corrected chi connectivity index (χ4v) is 2.95. The lowest BCUT2D eigenvalue weighted by atomic mass is 9.92. The van der Waals surface area contributed by atoms with E-state index in [9.17, 15) is 9.59 Å². The van der Waals surface area contributed by atoms with Crippen LogP contribution in [0.15, 0.2) is 36.4 Å². The number of hydrogen-bond acceptors (Lipinski definition) is 3. The Morgan fingerprint density at radius 1 is 1.31 bits per heavy atom. The Morgan fingerprint density at radius 2 is 2.04 bits per heavy atom. The lowest BCUT2D eigenvalue weighted by Gasteiger charge is -2.21.